The van der Waals surface area contributed by atoms with Gasteiger partial charge in [0.15, 0.2) is 12.6 Å². The Hall–Kier alpha value is -1.43. The summed E-state index contributed by atoms with van der Waals surface area (Å²) >= 11 is 0. The summed E-state index contributed by atoms with van der Waals surface area (Å²) in [6.07, 6.45) is 3.12. The summed E-state index contributed by atoms with van der Waals surface area (Å²) < 4.78 is 23.5. The molecule has 1 spiro atoms. The van der Waals surface area contributed by atoms with Gasteiger partial charge in [0, 0.05) is 52.8 Å². The Kier molecular flexibility index (Phi) is 17.1. The van der Waals surface area contributed by atoms with Gasteiger partial charge in [-0.2, -0.15) is 0 Å². The first-order chi connectivity index (χ1) is 17.7. The molecule has 0 aliphatic carbocycles. The molecule has 0 aromatic heterocycles. The Balaban J connectivity index is 0.00000722. The number of Topliss-reactive ketones (excluding diaryl/α,β-unsaturated/α-hetero) is 1. The smallest absolute Gasteiger partial charge is 0.242 e. The van der Waals surface area contributed by atoms with E-state index in [2.05, 4.69) is 16.0 Å². The van der Waals surface area contributed by atoms with E-state index < -0.39 is 11.9 Å². The molecule has 3 amide bonds. The van der Waals surface area contributed by atoms with Gasteiger partial charge >= 0.3 is 0 Å². The van der Waals surface area contributed by atoms with E-state index in [1.807, 2.05) is 7.05 Å². The predicted molar refractivity (Wildman–Crippen MR) is 134 cm³/mol. The fourth-order valence-electron chi connectivity index (χ4n) is 4.10. The molecule has 1 unspecified atom stereocenters. The fourth-order valence-corrected chi connectivity index (χ4v) is 4.10. The van der Waals surface area contributed by atoms with Crippen LogP contribution in [0.2, 0.25) is 0 Å². The van der Waals surface area contributed by atoms with Crippen molar-refractivity contribution >= 4 is 23.5 Å². The largest absolute Gasteiger partial charge is 0.668 e. The number of hydrogen-bond donors (Lipinski definition) is 3. The first-order valence-corrected chi connectivity index (χ1v) is 13.1. The molecular weight excluding hydrogens is 668 g/mol. The van der Waals surface area contributed by atoms with E-state index in [0.29, 0.717) is 45.8 Å². The molecule has 2 fully saturated rings. The van der Waals surface area contributed by atoms with Crippen LogP contribution in [0, 0.1) is 5.41 Å². The minimum absolute atomic E-state index is 0. The van der Waals surface area contributed by atoms with Gasteiger partial charge in [-0.25, -0.2) is 0 Å². The number of carbonyl (C=O) groups is 4. The summed E-state index contributed by atoms with van der Waals surface area (Å²) in [6.45, 7) is 4.76. The average Bonchev–Trinajstić information content (AvgIpc) is 2.86. The van der Waals surface area contributed by atoms with Crippen molar-refractivity contribution in [2.24, 2.45) is 5.41 Å². The van der Waals surface area contributed by atoms with Crippen molar-refractivity contribution in [3.8, 4) is 0 Å². The summed E-state index contributed by atoms with van der Waals surface area (Å²) in [5, 5.41) is 8.55. The molecule has 2 heterocycles. The Labute approximate surface area is 239 Å². The van der Waals surface area contributed by atoms with Crippen molar-refractivity contribution in [1.29, 1.82) is 0 Å². The third kappa shape index (κ3) is 13.6. The summed E-state index contributed by atoms with van der Waals surface area (Å²) in [5.74, 6) is -1.56. The monoisotopic (exact) mass is 711 g/mol. The minimum atomic E-state index is -0.835. The maximum absolute atomic E-state index is 12.6. The second-order valence-electron chi connectivity index (χ2n) is 9.92. The first-order valence-electron chi connectivity index (χ1n) is 13.1. The molecule has 2 saturated heterocycles. The number of amides is 3. The average molecular weight is 711 g/mol. The zero-order valence-electron chi connectivity index (χ0n) is 22.5. The van der Waals surface area contributed by atoms with Crippen molar-refractivity contribution < 1.29 is 59.2 Å². The number of carbonyl (C=O) groups excluding carboxylic acids is 4. The zero-order chi connectivity index (χ0) is 27.1. The first kappa shape index (κ1) is 34.6. The van der Waals surface area contributed by atoms with Crippen molar-refractivity contribution in [3.63, 3.8) is 0 Å². The van der Waals surface area contributed by atoms with Crippen LogP contribution < -0.4 is 16.0 Å². The summed E-state index contributed by atoms with van der Waals surface area (Å²) in [5.41, 5.74) is 6.60. The maximum atomic E-state index is 12.6. The molecule has 2 aliphatic rings. The van der Waals surface area contributed by atoms with Gasteiger partial charge in [0.2, 0.25) is 11.8 Å². The van der Waals surface area contributed by atoms with Crippen LogP contribution in [0.4, 0.5) is 0 Å². The number of ketones is 1. The fraction of sp³-hybridized carbons (Fsp3) is 0.840. The van der Waals surface area contributed by atoms with Gasteiger partial charge in [-0.1, -0.05) is 0 Å². The molecule has 4 N–H and O–H groups in total. The maximum Gasteiger partial charge on any atom is 0.242 e. The van der Waals surface area contributed by atoms with E-state index in [0.717, 1.165) is 19.4 Å². The Morgan fingerprint density at radius 2 is 1.42 bits per heavy atom. The van der Waals surface area contributed by atoms with Gasteiger partial charge in [0.05, 0.1) is 31.8 Å². The third-order valence-electron chi connectivity index (χ3n) is 6.33. The molecule has 0 aromatic carbocycles. The van der Waals surface area contributed by atoms with Crippen molar-refractivity contribution in [2.75, 3.05) is 46.6 Å². The molecule has 0 radical (unpaired) electrons. The van der Waals surface area contributed by atoms with Crippen LogP contribution in [-0.2, 0) is 59.2 Å². The summed E-state index contributed by atoms with van der Waals surface area (Å²) in [6, 6.07) is -0.835. The standard InChI is InChI=1S/C25H44N4O8.W/c1-18(30)10-11-19(29-21(32)7-3-6-20(26)31)24(33)28-13-5-9-23-36-16-25(17-37-23)14-34-22(35-15-25)8-4-12-27-2;/h19,22-23,27H,3-17H2,1-2H3,(H4,26,28,29,31,32,33);/p-1. The van der Waals surface area contributed by atoms with Crippen LogP contribution >= 0.6 is 0 Å². The molecule has 218 valence electrons. The van der Waals surface area contributed by atoms with E-state index in [1.165, 1.54) is 6.92 Å². The molecule has 1 atom stereocenters. The topological polar surface area (TPSA) is 165 Å². The molecule has 12 nitrogen and oxygen atoms in total. The van der Waals surface area contributed by atoms with Crippen LogP contribution in [0.25, 0.3) is 5.73 Å². The Morgan fingerprint density at radius 3 is 1.92 bits per heavy atom. The number of nitrogens with one attached hydrogen (secondary N) is 4. The molecule has 2 aliphatic heterocycles. The van der Waals surface area contributed by atoms with E-state index in [9.17, 15) is 19.2 Å². The molecule has 38 heavy (non-hydrogen) atoms. The van der Waals surface area contributed by atoms with Crippen LogP contribution in [0.5, 0.6) is 0 Å². The van der Waals surface area contributed by atoms with E-state index in [-0.39, 0.29) is 88.8 Å². The van der Waals surface area contributed by atoms with Crippen LogP contribution in [0.3, 0.4) is 0 Å². The second kappa shape index (κ2) is 18.8. The minimum Gasteiger partial charge on any atom is -0.668 e. The molecule has 13 heteroatoms. The Morgan fingerprint density at radius 1 is 0.868 bits per heavy atom. The van der Waals surface area contributed by atoms with Crippen molar-refractivity contribution in [1.82, 2.24) is 16.0 Å². The normalized spacial score (nSPS) is 23.7. The summed E-state index contributed by atoms with van der Waals surface area (Å²) in [7, 11) is 1.92. The second-order valence-corrected chi connectivity index (χ2v) is 9.92. The number of rotatable bonds is 17. The molecule has 0 aromatic rings. The van der Waals surface area contributed by atoms with Crippen LogP contribution in [0.15, 0.2) is 0 Å². The van der Waals surface area contributed by atoms with Gasteiger partial charge in [-0.3, -0.25) is 9.59 Å². The van der Waals surface area contributed by atoms with Gasteiger partial charge in [-0.05, 0) is 59.0 Å². The van der Waals surface area contributed by atoms with Gasteiger partial charge in [-0.15, -0.1) is 0 Å². The Bertz CT molecular complexity index is 739. The van der Waals surface area contributed by atoms with E-state index >= 15 is 0 Å². The summed E-state index contributed by atoms with van der Waals surface area (Å²) in [4.78, 5) is 46.8. The van der Waals surface area contributed by atoms with E-state index in [4.69, 9.17) is 24.7 Å². The molecule has 0 saturated carbocycles. The predicted octanol–water partition coefficient (Wildman–Crippen LogP) is 1.22. The molecular formula is C25H43N4O8W-. The van der Waals surface area contributed by atoms with Crippen LogP contribution in [-0.4, -0.2) is 88.7 Å². The molecule has 0 bridgehead atoms. The van der Waals surface area contributed by atoms with Gasteiger partial charge in [0.1, 0.15) is 11.8 Å². The van der Waals surface area contributed by atoms with Gasteiger partial charge in [0.25, 0.3) is 0 Å². The SMILES string of the molecule is CNCCCC1OCC2(CO1)COC(CCCNC(=O)C(CCC(C)=O)NC(=O)CCCC([NH-])=O)OC2.[W]. The van der Waals surface area contributed by atoms with Crippen molar-refractivity contribution in [2.45, 2.75) is 83.3 Å². The number of ether oxygens (including phenoxy) is 4. The quantitative estimate of drug-likeness (QED) is 0.188. The molecule has 2 rings (SSSR count). The van der Waals surface area contributed by atoms with Crippen molar-refractivity contribution in [3.05, 3.63) is 5.73 Å². The van der Waals surface area contributed by atoms with E-state index in [1.54, 1.807) is 0 Å². The van der Waals surface area contributed by atoms with Gasteiger partial charge < -0.3 is 50.2 Å². The zero-order valence-corrected chi connectivity index (χ0v) is 25.4. The van der Waals surface area contributed by atoms with Crippen LogP contribution in [0.1, 0.15) is 64.7 Å². The number of hydrogen-bond acceptors (Lipinski definition) is 9. The third-order valence-corrected chi connectivity index (χ3v) is 6.33.